The van der Waals surface area contributed by atoms with Gasteiger partial charge in [0.05, 0.1) is 18.9 Å². The number of aryl methyl sites for hydroxylation is 1. The predicted octanol–water partition coefficient (Wildman–Crippen LogP) is 2.74. The van der Waals surface area contributed by atoms with Crippen molar-refractivity contribution in [1.82, 2.24) is 19.9 Å². The van der Waals surface area contributed by atoms with Crippen LogP contribution in [0.1, 0.15) is 49.2 Å². The highest BCUT2D eigenvalue weighted by molar-refractivity contribution is 5.77. The first-order chi connectivity index (χ1) is 12.8. The van der Waals surface area contributed by atoms with Crippen LogP contribution in [0.2, 0.25) is 0 Å². The third-order valence-corrected chi connectivity index (χ3v) is 5.32. The van der Waals surface area contributed by atoms with Crippen LogP contribution in [0.3, 0.4) is 0 Å². The van der Waals surface area contributed by atoms with Gasteiger partial charge >= 0.3 is 0 Å². The number of amides is 1. The van der Waals surface area contributed by atoms with E-state index in [9.17, 15) is 4.79 Å². The van der Waals surface area contributed by atoms with Crippen molar-refractivity contribution in [2.45, 2.75) is 51.8 Å². The fourth-order valence-electron chi connectivity index (χ4n) is 3.66. The monoisotopic (exact) mass is 354 g/mol. The Labute approximate surface area is 154 Å². The zero-order chi connectivity index (χ0) is 17.9. The molecule has 1 saturated carbocycles. The summed E-state index contributed by atoms with van der Waals surface area (Å²) in [6, 6.07) is 9.99. The fourth-order valence-corrected chi connectivity index (χ4v) is 3.66. The van der Waals surface area contributed by atoms with Crippen molar-refractivity contribution in [2.75, 3.05) is 13.2 Å². The lowest BCUT2D eigenvalue weighted by atomic mass is 10.0. The molecule has 0 radical (unpaired) electrons. The van der Waals surface area contributed by atoms with E-state index in [2.05, 4.69) is 29.4 Å². The van der Waals surface area contributed by atoms with Crippen LogP contribution in [-0.4, -0.2) is 39.0 Å². The summed E-state index contributed by atoms with van der Waals surface area (Å²) in [5, 5.41) is 8.67. The second kappa shape index (κ2) is 7.58. The number of nitrogens with zero attached hydrogens (tertiary/aromatic N) is 4. The molecular formula is C20H26N4O2. The lowest BCUT2D eigenvalue weighted by molar-refractivity contribution is -0.136. The Bertz CT molecular complexity index is 754. The molecule has 2 aliphatic rings. The number of ether oxygens (including phenoxy) is 1. The van der Waals surface area contributed by atoms with Gasteiger partial charge in [0.15, 0.2) is 0 Å². The van der Waals surface area contributed by atoms with Gasteiger partial charge in [-0.2, -0.15) is 0 Å². The molecule has 4 rings (SSSR count). The summed E-state index contributed by atoms with van der Waals surface area (Å²) in [6.45, 7) is 4.60. The molecule has 1 aromatic carbocycles. The summed E-state index contributed by atoms with van der Waals surface area (Å²) in [5.74, 6) is 0.818. The third-order valence-electron chi connectivity index (χ3n) is 5.32. The Kier molecular flexibility index (Phi) is 5.02. The Balaban J connectivity index is 1.49. The van der Waals surface area contributed by atoms with E-state index in [1.165, 1.54) is 12.8 Å². The number of carbonyl (C=O) groups is 1. The molecule has 6 nitrogen and oxygen atoms in total. The first-order valence-electron chi connectivity index (χ1n) is 9.59. The number of carbonyl (C=O) groups excluding carboxylic acids is 1. The van der Waals surface area contributed by atoms with Gasteiger partial charge in [0.1, 0.15) is 11.7 Å². The van der Waals surface area contributed by atoms with E-state index in [1.54, 1.807) is 0 Å². The number of fused-ring (bicyclic) bond motifs is 1. The van der Waals surface area contributed by atoms with Crippen molar-refractivity contribution in [3.05, 3.63) is 47.3 Å². The van der Waals surface area contributed by atoms with Crippen molar-refractivity contribution >= 4 is 5.91 Å². The Morgan fingerprint density at radius 3 is 2.81 bits per heavy atom. The van der Waals surface area contributed by atoms with Crippen LogP contribution in [0.25, 0.3) is 0 Å². The van der Waals surface area contributed by atoms with Crippen LogP contribution < -0.4 is 0 Å². The molecule has 2 heterocycles. The molecule has 0 unspecified atom stereocenters. The molecule has 1 aliphatic heterocycles. The van der Waals surface area contributed by atoms with Gasteiger partial charge in [-0.05, 0) is 31.2 Å². The second-order valence-electron chi connectivity index (χ2n) is 7.24. The second-order valence-corrected chi connectivity index (χ2v) is 7.24. The van der Waals surface area contributed by atoms with Crippen molar-refractivity contribution in [2.24, 2.45) is 5.92 Å². The smallest absolute Gasteiger partial charge is 0.223 e. The number of aromatic nitrogens is 3. The first kappa shape index (κ1) is 17.2. The zero-order valence-corrected chi connectivity index (χ0v) is 15.3. The highest BCUT2D eigenvalue weighted by Crippen LogP contribution is 2.35. The van der Waals surface area contributed by atoms with Gasteiger partial charge in [-0.15, -0.1) is 5.10 Å². The maximum absolute atomic E-state index is 12.8. The van der Waals surface area contributed by atoms with Crippen molar-refractivity contribution < 1.29 is 9.53 Å². The number of hydrogen-bond donors (Lipinski definition) is 0. The molecule has 0 spiro atoms. The van der Waals surface area contributed by atoms with Gasteiger partial charge in [0.2, 0.25) is 5.91 Å². The van der Waals surface area contributed by atoms with Crippen molar-refractivity contribution in [3.63, 3.8) is 0 Å². The number of hydrogen-bond acceptors (Lipinski definition) is 4. The standard InChI is InChI=1S/C20H26N4O2/c1-2-24-17-10-11-23(19(25)12-15-8-9-15)18(20(17)21-22-24)14-26-13-16-6-4-3-5-7-16/h3-7,15,18H,2,8-14H2,1H3/t18-/m0/s1. The average molecular weight is 354 g/mol. The van der Waals surface area contributed by atoms with Gasteiger partial charge in [-0.3, -0.25) is 4.79 Å². The topological polar surface area (TPSA) is 60.2 Å². The lowest BCUT2D eigenvalue weighted by Gasteiger charge is -2.35. The van der Waals surface area contributed by atoms with Crippen LogP contribution >= 0.6 is 0 Å². The van der Waals surface area contributed by atoms with E-state index in [0.717, 1.165) is 36.5 Å². The van der Waals surface area contributed by atoms with E-state index in [-0.39, 0.29) is 11.9 Å². The number of benzene rings is 1. The van der Waals surface area contributed by atoms with Crippen molar-refractivity contribution in [1.29, 1.82) is 0 Å². The molecule has 1 amide bonds. The SMILES string of the molecule is CCn1nnc2c1CCN(C(=O)CC1CC1)[C@H]2COCc1ccccc1. The Hall–Kier alpha value is -2.21. The summed E-state index contributed by atoms with van der Waals surface area (Å²) >= 11 is 0. The maximum atomic E-state index is 12.8. The van der Waals surface area contributed by atoms with Crippen LogP contribution in [0.4, 0.5) is 0 Å². The van der Waals surface area contributed by atoms with Gasteiger partial charge in [0.25, 0.3) is 0 Å². The Morgan fingerprint density at radius 1 is 1.27 bits per heavy atom. The van der Waals surface area contributed by atoms with Crippen molar-refractivity contribution in [3.8, 4) is 0 Å². The molecular weight excluding hydrogens is 328 g/mol. The van der Waals surface area contributed by atoms with Crippen LogP contribution in [-0.2, 0) is 29.1 Å². The molecule has 0 saturated heterocycles. The third kappa shape index (κ3) is 3.65. The maximum Gasteiger partial charge on any atom is 0.223 e. The molecule has 2 aromatic rings. The van der Waals surface area contributed by atoms with Crippen LogP contribution in [0, 0.1) is 5.92 Å². The summed E-state index contributed by atoms with van der Waals surface area (Å²) in [5.41, 5.74) is 3.20. The molecule has 0 N–H and O–H groups in total. The lowest BCUT2D eigenvalue weighted by Crippen LogP contribution is -2.42. The summed E-state index contributed by atoms with van der Waals surface area (Å²) < 4.78 is 7.94. The summed E-state index contributed by atoms with van der Waals surface area (Å²) in [6.07, 6.45) is 3.85. The highest BCUT2D eigenvalue weighted by Gasteiger charge is 2.36. The zero-order valence-electron chi connectivity index (χ0n) is 15.3. The van der Waals surface area contributed by atoms with E-state index >= 15 is 0 Å². The first-order valence-corrected chi connectivity index (χ1v) is 9.59. The van der Waals surface area contributed by atoms with E-state index in [1.807, 2.05) is 27.8 Å². The molecule has 6 heteroatoms. The Morgan fingerprint density at radius 2 is 2.08 bits per heavy atom. The molecule has 138 valence electrons. The minimum absolute atomic E-state index is 0.131. The van der Waals surface area contributed by atoms with E-state index in [0.29, 0.717) is 25.6 Å². The van der Waals surface area contributed by atoms with Gasteiger partial charge < -0.3 is 9.64 Å². The molecule has 1 aliphatic carbocycles. The highest BCUT2D eigenvalue weighted by atomic mass is 16.5. The van der Waals surface area contributed by atoms with E-state index < -0.39 is 0 Å². The molecule has 0 bridgehead atoms. The fraction of sp³-hybridized carbons (Fsp3) is 0.550. The quantitative estimate of drug-likeness (QED) is 0.767. The largest absolute Gasteiger partial charge is 0.374 e. The molecule has 26 heavy (non-hydrogen) atoms. The minimum Gasteiger partial charge on any atom is -0.374 e. The average Bonchev–Trinajstić information content (AvgIpc) is 3.38. The van der Waals surface area contributed by atoms with Gasteiger partial charge in [-0.25, -0.2) is 4.68 Å². The molecule has 1 atom stereocenters. The molecule has 1 aromatic heterocycles. The summed E-state index contributed by atoms with van der Waals surface area (Å²) in [7, 11) is 0. The summed E-state index contributed by atoms with van der Waals surface area (Å²) in [4.78, 5) is 14.8. The molecule has 1 fully saturated rings. The van der Waals surface area contributed by atoms with Gasteiger partial charge in [0, 0.05) is 25.9 Å². The minimum atomic E-state index is -0.131. The number of rotatable bonds is 7. The van der Waals surface area contributed by atoms with E-state index in [4.69, 9.17) is 4.74 Å². The van der Waals surface area contributed by atoms with Gasteiger partial charge in [-0.1, -0.05) is 35.5 Å². The predicted molar refractivity (Wildman–Crippen MR) is 97.3 cm³/mol. The normalized spacial score (nSPS) is 19.4. The van der Waals surface area contributed by atoms with Crippen LogP contribution in [0.15, 0.2) is 30.3 Å². The van der Waals surface area contributed by atoms with Crippen LogP contribution in [0.5, 0.6) is 0 Å².